The fraction of sp³-hybridized carbons (Fsp3) is 0.650. The number of hydrogen-bond acceptors (Lipinski definition) is 4. The Morgan fingerprint density at radius 3 is 2.24 bits per heavy atom. The molecule has 1 saturated heterocycles. The quantitative estimate of drug-likeness (QED) is 0.315. The second-order valence-electron chi connectivity index (χ2n) is 7.95. The van der Waals surface area contributed by atoms with E-state index in [1.807, 2.05) is 0 Å². The first-order chi connectivity index (χ1) is 13.2. The van der Waals surface area contributed by atoms with Crippen molar-refractivity contribution in [2.24, 2.45) is 4.99 Å². The van der Waals surface area contributed by atoms with Crippen LogP contribution in [0.3, 0.4) is 0 Å². The molecule has 9 heteroatoms. The second-order valence-corrected chi connectivity index (χ2v) is 10.0. The molecule has 1 aliphatic heterocycles. The van der Waals surface area contributed by atoms with Crippen molar-refractivity contribution < 1.29 is 13.2 Å². The van der Waals surface area contributed by atoms with E-state index < -0.39 is 10.0 Å². The largest absolute Gasteiger partial charge is 0.379 e. The lowest BCUT2D eigenvalue weighted by Gasteiger charge is -2.26. The zero-order valence-corrected chi connectivity index (χ0v) is 21.0. The number of benzene rings is 1. The summed E-state index contributed by atoms with van der Waals surface area (Å²) in [5, 5.41) is 6.32. The van der Waals surface area contributed by atoms with Crippen LogP contribution >= 0.6 is 24.0 Å². The lowest BCUT2D eigenvalue weighted by Crippen LogP contribution is -2.45. The van der Waals surface area contributed by atoms with Crippen molar-refractivity contribution in [3.63, 3.8) is 0 Å². The first-order valence-electron chi connectivity index (χ1n) is 9.82. The summed E-state index contributed by atoms with van der Waals surface area (Å²) in [6.45, 7) is 9.46. The van der Waals surface area contributed by atoms with Crippen LogP contribution in [0.2, 0.25) is 0 Å². The summed E-state index contributed by atoms with van der Waals surface area (Å²) in [5.41, 5.74) is 2.73. The maximum absolute atomic E-state index is 12.3. The standard InChI is InChI=1S/C20H34N4O3S.HI/c1-20(2,3)18-7-5-17(6-8-18)9-10-22-19(21-4)23-11-16-28(25,26)24-12-14-27-15-13-24;/h5-8H,9-16H2,1-4H3,(H2,21,22,23);1H. The molecule has 0 unspecified atom stereocenters. The van der Waals surface area contributed by atoms with E-state index in [2.05, 4.69) is 60.7 Å². The molecule has 1 fully saturated rings. The number of hydrogen-bond donors (Lipinski definition) is 2. The van der Waals surface area contributed by atoms with Gasteiger partial charge in [-0.15, -0.1) is 24.0 Å². The minimum atomic E-state index is -3.26. The number of nitrogens with zero attached hydrogens (tertiary/aromatic N) is 2. The fourth-order valence-corrected chi connectivity index (χ4v) is 4.29. The molecule has 0 spiro atoms. The lowest BCUT2D eigenvalue weighted by molar-refractivity contribution is 0.0730. The smallest absolute Gasteiger partial charge is 0.215 e. The minimum Gasteiger partial charge on any atom is -0.379 e. The summed E-state index contributed by atoms with van der Waals surface area (Å²) in [5.74, 6) is 0.658. The molecule has 166 valence electrons. The maximum Gasteiger partial charge on any atom is 0.215 e. The second kappa shape index (κ2) is 12.1. The van der Waals surface area contributed by atoms with Crippen LogP contribution in [-0.4, -0.2) is 70.9 Å². The van der Waals surface area contributed by atoms with E-state index in [9.17, 15) is 8.42 Å². The van der Waals surface area contributed by atoms with Gasteiger partial charge in [-0.2, -0.15) is 4.31 Å². The van der Waals surface area contributed by atoms with Gasteiger partial charge in [0, 0.05) is 33.2 Å². The Kier molecular flexibility index (Phi) is 10.9. The number of rotatable bonds is 7. The third kappa shape index (κ3) is 8.77. The van der Waals surface area contributed by atoms with E-state index >= 15 is 0 Å². The highest BCUT2D eigenvalue weighted by Gasteiger charge is 2.23. The van der Waals surface area contributed by atoms with Crippen LogP contribution < -0.4 is 10.6 Å². The highest BCUT2D eigenvalue weighted by atomic mass is 127. The molecule has 1 heterocycles. The summed E-state index contributed by atoms with van der Waals surface area (Å²) in [7, 11) is -1.57. The van der Waals surface area contributed by atoms with Gasteiger partial charge < -0.3 is 15.4 Å². The van der Waals surface area contributed by atoms with Gasteiger partial charge in [0.05, 0.1) is 19.0 Å². The molecule has 7 nitrogen and oxygen atoms in total. The Morgan fingerprint density at radius 2 is 1.69 bits per heavy atom. The Hall–Kier alpha value is -0.910. The van der Waals surface area contributed by atoms with E-state index in [-0.39, 0.29) is 35.1 Å². The Morgan fingerprint density at radius 1 is 1.10 bits per heavy atom. The highest BCUT2D eigenvalue weighted by Crippen LogP contribution is 2.22. The van der Waals surface area contributed by atoms with Gasteiger partial charge in [0.15, 0.2) is 5.96 Å². The van der Waals surface area contributed by atoms with Gasteiger partial charge in [-0.05, 0) is 23.0 Å². The summed E-state index contributed by atoms with van der Waals surface area (Å²) in [6, 6.07) is 8.68. The van der Waals surface area contributed by atoms with Gasteiger partial charge in [0.1, 0.15) is 0 Å². The van der Waals surface area contributed by atoms with Crippen molar-refractivity contribution in [2.75, 3.05) is 52.2 Å². The molecule has 1 aromatic carbocycles. The van der Waals surface area contributed by atoms with Crippen molar-refractivity contribution >= 4 is 40.0 Å². The lowest BCUT2D eigenvalue weighted by atomic mass is 9.86. The molecular weight excluding hydrogens is 503 g/mol. The minimum absolute atomic E-state index is 0. The van der Waals surface area contributed by atoms with E-state index in [1.165, 1.54) is 15.4 Å². The first-order valence-corrected chi connectivity index (χ1v) is 11.4. The third-order valence-electron chi connectivity index (χ3n) is 4.77. The van der Waals surface area contributed by atoms with E-state index in [0.717, 1.165) is 13.0 Å². The Labute approximate surface area is 192 Å². The molecule has 0 saturated carbocycles. The summed E-state index contributed by atoms with van der Waals surface area (Å²) in [6.07, 6.45) is 0.872. The zero-order chi connectivity index (χ0) is 20.6. The van der Waals surface area contributed by atoms with Gasteiger partial charge in [0.2, 0.25) is 10.0 Å². The third-order valence-corrected chi connectivity index (χ3v) is 6.64. The number of morpholine rings is 1. The van der Waals surface area contributed by atoms with Crippen LogP contribution in [0.4, 0.5) is 0 Å². The predicted molar refractivity (Wildman–Crippen MR) is 130 cm³/mol. The number of ether oxygens (including phenoxy) is 1. The molecule has 1 aliphatic rings. The molecule has 0 radical (unpaired) electrons. The molecule has 0 bridgehead atoms. The van der Waals surface area contributed by atoms with Gasteiger partial charge in [0.25, 0.3) is 0 Å². The zero-order valence-electron chi connectivity index (χ0n) is 17.9. The average molecular weight is 538 g/mol. The predicted octanol–water partition coefficient (Wildman–Crippen LogP) is 1.97. The van der Waals surface area contributed by atoms with Crippen molar-refractivity contribution in [1.29, 1.82) is 0 Å². The summed E-state index contributed by atoms with van der Waals surface area (Å²) < 4.78 is 31.3. The van der Waals surface area contributed by atoms with Gasteiger partial charge >= 0.3 is 0 Å². The molecule has 2 rings (SSSR count). The van der Waals surface area contributed by atoms with Crippen LogP contribution in [0.25, 0.3) is 0 Å². The summed E-state index contributed by atoms with van der Waals surface area (Å²) in [4.78, 5) is 4.16. The topological polar surface area (TPSA) is 83.0 Å². The van der Waals surface area contributed by atoms with E-state index in [4.69, 9.17) is 4.74 Å². The number of halogens is 1. The summed E-state index contributed by atoms with van der Waals surface area (Å²) >= 11 is 0. The SMILES string of the molecule is CN=C(NCCc1ccc(C(C)(C)C)cc1)NCCS(=O)(=O)N1CCOCC1.I. The van der Waals surface area contributed by atoms with Crippen molar-refractivity contribution in [2.45, 2.75) is 32.6 Å². The van der Waals surface area contributed by atoms with Crippen LogP contribution in [0.1, 0.15) is 31.9 Å². The average Bonchev–Trinajstić information content (AvgIpc) is 2.67. The highest BCUT2D eigenvalue weighted by molar-refractivity contribution is 14.0. The number of aliphatic imine (C=N–C) groups is 1. The molecule has 1 aromatic rings. The van der Waals surface area contributed by atoms with Crippen molar-refractivity contribution in [3.8, 4) is 0 Å². The molecule has 0 aromatic heterocycles. The van der Waals surface area contributed by atoms with E-state index in [1.54, 1.807) is 7.05 Å². The molecule has 0 atom stereocenters. The first kappa shape index (κ1) is 26.1. The van der Waals surface area contributed by atoms with Crippen molar-refractivity contribution in [3.05, 3.63) is 35.4 Å². The molecular formula is C20H35IN4O3S. The number of nitrogens with one attached hydrogen (secondary N) is 2. The van der Waals surface area contributed by atoms with Gasteiger partial charge in [-0.1, -0.05) is 45.0 Å². The fourth-order valence-electron chi connectivity index (χ4n) is 2.97. The van der Waals surface area contributed by atoms with Gasteiger partial charge in [-0.3, -0.25) is 4.99 Å². The van der Waals surface area contributed by atoms with Crippen LogP contribution in [0.5, 0.6) is 0 Å². The van der Waals surface area contributed by atoms with Gasteiger partial charge in [-0.25, -0.2) is 8.42 Å². The Balaban J connectivity index is 0.00000420. The van der Waals surface area contributed by atoms with Crippen molar-refractivity contribution in [1.82, 2.24) is 14.9 Å². The molecule has 29 heavy (non-hydrogen) atoms. The normalized spacial score (nSPS) is 16.2. The van der Waals surface area contributed by atoms with Crippen LogP contribution in [0.15, 0.2) is 29.3 Å². The van der Waals surface area contributed by atoms with E-state index in [0.29, 0.717) is 38.8 Å². The Bertz CT molecular complexity index is 740. The maximum atomic E-state index is 12.3. The number of sulfonamides is 1. The van der Waals surface area contributed by atoms with Crippen LogP contribution in [0, 0.1) is 0 Å². The van der Waals surface area contributed by atoms with Crippen LogP contribution in [-0.2, 0) is 26.6 Å². The number of guanidine groups is 1. The molecule has 2 N–H and O–H groups in total. The molecule has 0 aliphatic carbocycles. The monoisotopic (exact) mass is 538 g/mol. The molecule has 0 amide bonds.